The summed E-state index contributed by atoms with van der Waals surface area (Å²) in [6.07, 6.45) is 2.42. The van der Waals surface area contributed by atoms with Gasteiger partial charge in [0.25, 0.3) is 15.9 Å². The Morgan fingerprint density at radius 3 is 2.48 bits per heavy atom. The van der Waals surface area contributed by atoms with E-state index in [9.17, 15) is 8.42 Å². The van der Waals surface area contributed by atoms with Crippen molar-refractivity contribution in [2.24, 2.45) is 0 Å². The summed E-state index contributed by atoms with van der Waals surface area (Å²) < 4.78 is 45.3. The van der Waals surface area contributed by atoms with E-state index < -0.39 is 10.0 Å². The SMILES string of the molecule is COc1ccc(COc2nc3c(nc2NS(=O)(=O)c2cccc(Cl)c2C)CCC3)cc1OC. The maximum absolute atomic E-state index is 13.1. The van der Waals surface area contributed by atoms with Crippen LogP contribution in [0.5, 0.6) is 17.4 Å². The number of halogens is 1. The van der Waals surface area contributed by atoms with Gasteiger partial charge in [0.15, 0.2) is 11.5 Å². The molecule has 0 atom stereocenters. The van der Waals surface area contributed by atoms with Gasteiger partial charge in [0, 0.05) is 5.02 Å². The summed E-state index contributed by atoms with van der Waals surface area (Å²) in [6.45, 7) is 1.79. The van der Waals surface area contributed by atoms with E-state index in [1.54, 1.807) is 45.4 Å². The molecule has 0 amide bonds. The molecule has 8 nitrogen and oxygen atoms in total. The van der Waals surface area contributed by atoms with E-state index >= 15 is 0 Å². The van der Waals surface area contributed by atoms with Crippen molar-refractivity contribution < 1.29 is 22.6 Å². The first-order valence-corrected chi connectivity index (χ1v) is 12.2. The summed E-state index contributed by atoms with van der Waals surface area (Å²) in [5.74, 6) is 1.34. The molecular weight excluding hydrogens is 466 g/mol. The third-order valence-electron chi connectivity index (χ3n) is 5.41. The van der Waals surface area contributed by atoms with Gasteiger partial charge in [-0.2, -0.15) is 0 Å². The lowest BCUT2D eigenvalue weighted by molar-refractivity contribution is 0.292. The van der Waals surface area contributed by atoms with Crippen LogP contribution in [0.25, 0.3) is 0 Å². The summed E-state index contributed by atoms with van der Waals surface area (Å²) in [4.78, 5) is 9.18. The van der Waals surface area contributed by atoms with Crippen molar-refractivity contribution in [3.63, 3.8) is 0 Å². The minimum Gasteiger partial charge on any atom is -0.493 e. The van der Waals surface area contributed by atoms with Crippen LogP contribution in [-0.2, 0) is 29.5 Å². The number of nitrogens with zero attached hydrogens (tertiary/aromatic N) is 2. The second kappa shape index (κ2) is 9.44. The van der Waals surface area contributed by atoms with E-state index in [2.05, 4.69) is 14.7 Å². The Labute approximate surface area is 197 Å². The number of fused-ring (bicyclic) bond motifs is 1. The Hall–Kier alpha value is -3.04. The quantitative estimate of drug-likeness (QED) is 0.502. The molecule has 3 aromatic rings. The van der Waals surface area contributed by atoms with Crippen LogP contribution in [0.4, 0.5) is 5.82 Å². The van der Waals surface area contributed by atoms with E-state index in [0.29, 0.717) is 22.1 Å². The van der Waals surface area contributed by atoms with Crippen LogP contribution in [0.1, 0.15) is 28.9 Å². The first kappa shape index (κ1) is 23.1. The van der Waals surface area contributed by atoms with Crippen molar-refractivity contribution in [1.29, 1.82) is 0 Å². The molecule has 0 saturated carbocycles. The third kappa shape index (κ3) is 4.84. The van der Waals surface area contributed by atoms with E-state index in [4.69, 9.17) is 25.8 Å². The van der Waals surface area contributed by atoms with Gasteiger partial charge < -0.3 is 14.2 Å². The summed E-state index contributed by atoms with van der Waals surface area (Å²) in [6, 6.07) is 10.1. The molecule has 33 heavy (non-hydrogen) atoms. The lowest BCUT2D eigenvalue weighted by atomic mass is 10.2. The maximum Gasteiger partial charge on any atom is 0.263 e. The Morgan fingerprint density at radius 1 is 1.03 bits per heavy atom. The fourth-order valence-corrected chi connectivity index (χ4v) is 5.16. The molecule has 1 heterocycles. The molecule has 1 N–H and O–H groups in total. The topological polar surface area (TPSA) is 99.6 Å². The normalized spacial score (nSPS) is 12.8. The van der Waals surface area contributed by atoms with Gasteiger partial charge >= 0.3 is 0 Å². The molecule has 0 saturated heterocycles. The number of aromatic nitrogens is 2. The Bertz CT molecular complexity index is 1300. The van der Waals surface area contributed by atoms with E-state index in [1.807, 2.05) is 6.07 Å². The van der Waals surface area contributed by atoms with Crippen LogP contribution in [0.15, 0.2) is 41.3 Å². The summed E-state index contributed by atoms with van der Waals surface area (Å²) in [5.41, 5.74) is 2.84. The van der Waals surface area contributed by atoms with E-state index in [0.717, 1.165) is 36.2 Å². The van der Waals surface area contributed by atoms with Gasteiger partial charge in [0.2, 0.25) is 5.82 Å². The van der Waals surface area contributed by atoms with E-state index in [-0.39, 0.29) is 23.2 Å². The smallest absolute Gasteiger partial charge is 0.263 e. The molecule has 1 aliphatic carbocycles. The second-order valence-corrected chi connectivity index (χ2v) is 9.63. The predicted molar refractivity (Wildman–Crippen MR) is 125 cm³/mol. The van der Waals surface area contributed by atoms with Crippen molar-refractivity contribution >= 4 is 27.4 Å². The van der Waals surface area contributed by atoms with Crippen molar-refractivity contribution in [1.82, 2.24) is 9.97 Å². The number of anilines is 1. The second-order valence-electron chi connectivity index (χ2n) is 7.57. The number of rotatable bonds is 8. The zero-order valence-electron chi connectivity index (χ0n) is 18.5. The van der Waals surface area contributed by atoms with Crippen LogP contribution < -0.4 is 18.9 Å². The highest BCUT2D eigenvalue weighted by atomic mass is 35.5. The molecule has 174 valence electrons. The van der Waals surface area contributed by atoms with Gasteiger partial charge in [0.05, 0.1) is 30.5 Å². The van der Waals surface area contributed by atoms with Crippen molar-refractivity contribution in [2.45, 2.75) is 37.7 Å². The number of hydrogen-bond donors (Lipinski definition) is 1. The average Bonchev–Trinajstić information content (AvgIpc) is 3.25. The zero-order chi connectivity index (χ0) is 23.6. The van der Waals surface area contributed by atoms with Gasteiger partial charge in [-0.3, -0.25) is 4.72 Å². The van der Waals surface area contributed by atoms with Crippen LogP contribution >= 0.6 is 11.6 Å². The molecule has 10 heteroatoms. The molecular formula is C23H24ClN3O5S. The number of methoxy groups -OCH3 is 2. The predicted octanol–water partition coefficient (Wildman–Crippen LogP) is 4.32. The fraction of sp³-hybridized carbons (Fsp3) is 0.304. The molecule has 1 aromatic heterocycles. The van der Waals surface area contributed by atoms with Crippen molar-refractivity contribution in [3.8, 4) is 17.4 Å². The number of ether oxygens (including phenoxy) is 3. The van der Waals surface area contributed by atoms with Gasteiger partial charge in [0.1, 0.15) is 6.61 Å². The minimum atomic E-state index is -3.96. The summed E-state index contributed by atoms with van der Waals surface area (Å²) in [7, 11) is -0.844. The van der Waals surface area contributed by atoms with Crippen molar-refractivity contribution in [3.05, 3.63) is 63.9 Å². The molecule has 1 aliphatic rings. The highest BCUT2D eigenvalue weighted by Gasteiger charge is 2.25. The van der Waals surface area contributed by atoms with E-state index in [1.165, 1.54) is 6.07 Å². The molecule has 0 unspecified atom stereocenters. The Morgan fingerprint density at radius 2 is 1.76 bits per heavy atom. The van der Waals surface area contributed by atoms with Crippen LogP contribution in [0.3, 0.4) is 0 Å². The van der Waals surface area contributed by atoms with Gasteiger partial charge in [-0.1, -0.05) is 23.7 Å². The fourth-order valence-electron chi connectivity index (χ4n) is 3.66. The third-order valence-corrected chi connectivity index (χ3v) is 7.30. The molecule has 0 spiro atoms. The van der Waals surface area contributed by atoms with Gasteiger partial charge in [-0.25, -0.2) is 18.4 Å². The molecule has 0 radical (unpaired) electrons. The molecule has 2 aromatic carbocycles. The average molecular weight is 490 g/mol. The maximum atomic E-state index is 13.1. The molecule has 0 bridgehead atoms. The largest absolute Gasteiger partial charge is 0.493 e. The van der Waals surface area contributed by atoms with Crippen molar-refractivity contribution in [2.75, 3.05) is 18.9 Å². The van der Waals surface area contributed by atoms with Crippen LogP contribution in [0.2, 0.25) is 5.02 Å². The summed E-state index contributed by atoms with van der Waals surface area (Å²) >= 11 is 6.13. The number of aryl methyl sites for hydroxylation is 2. The highest BCUT2D eigenvalue weighted by molar-refractivity contribution is 7.92. The lowest BCUT2D eigenvalue weighted by Gasteiger charge is -2.15. The molecule has 0 fully saturated rings. The van der Waals surface area contributed by atoms with Crippen LogP contribution in [-0.4, -0.2) is 32.6 Å². The first-order chi connectivity index (χ1) is 15.8. The van der Waals surface area contributed by atoms with Crippen LogP contribution in [0, 0.1) is 6.92 Å². The molecule has 0 aliphatic heterocycles. The van der Waals surface area contributed by atoms with Gasteiger partial charge in [-0.05, 0) is 61.6 Å². The highest BCUT2D eigenvalue weighted by Crippen LogP contribution is 2.32. The first-order valence-electron chi connectivity index (χ1n) is 10.3. The molecule has 4 rings (SSSR count). The number of benzene rings is 2. The monoisotopic (exact) mass is 489 g/mol. The zero-order valence-corrected chi connectivity index (χ0v) is 20.1. The lowest BCUT2D eigenvalue weighted by Crippen LogP contribution is -2.17. The number of nitrogens with one attached hydrogen (secondary N) is 1. The summed E-state index contributed by atoms with van der Waals surface area (Å²) in [5, 5.41) is 0.364. The van der Waals surface area contributed by atoms with Gasteiger partial charge in [-0.15, -0.1) is 0 Å². The Balaban J connectivity index is 1.65. The minimum absolute atomic E-state index is 0.0514. The standard InChI is InChI=1S/C23H24ClN3O5S/c1-14-16(24)6-4-9-21(14)33(28,29)27-22-23(26-18-8-5-7-17(18)25-22)32-13-15-10-11-19(30-2)20(12-15)31-3/h4,6,9-12H,5,7-8,13H2,1-3H3,(H,25,27). The number of hydrogen-bond acceptors (Lipinski definition) is 7. The number of sulfonamides is 1. The Kier molecular flexibility index (Phi) is 6.62.